The van der Waals surface area contributed by atoms with Gasteiger partial charge in [0.15, 0.2) is 0 Å². The summed E-state index contributed by atoms with van der Waals surface area (Å²) >= 11 is 0. The number of rotatable bonds is 3. The molecule has 0 aliphatic rings. The second-order valence-corrected chi connectivity index (χ2v) is 6.35. The average Bonchev–Trinajstić information content (AvgIpc) is 2.40. The van der Waals surface area contributed by atoms with Crippen LogP contribution in [0.5, 0.6) is 0 Å². The Bertz CT molecular complexity index is 403. The quantitative estimate of drug-likeness (QED) is 0.730. The maximum atomic E-state index is 12.8. The van der Waals surface area contributed by atoms with E-state index in [1.807, 2.05) is 60.7 Å². The Labute approximate surface area is 96.4 Å². The monoisotopic (exact) mass is 229 g/mol. The third kappa shape index (κ3) is 1.93. The largest absolute Gasteiger partial charge is 0.438 e. The van der Waals surface area contributed by atoms with Gasteiger partial charge in [0.2, 0.25) is 0 Å². The summed E-state index contributed by atoms with van der Waals surface area (Å²) in [5.74, 6) is 0. The highest BCUT2D eigenvalue weighted by molar-refractivity contribution is 6.91. The summed E-state index contributed by atoms with van der Waals surface area (Å²) in [7, 11) is -1.73. The lowest BCUT2D eigenvalue weighted by molar-refractivity contribution is 0.275. The molecule has 2 nitrogen and oxygen atoms in total. The molecule has 0 aliphatic heterocycles. The normalized spacial score (nSPS) is 11.4. The first kappa shape index (κ1) is 11.1. The molecular formula is C13H13O2Si. The van der Waals surface area contributed by atoms with E-state index in [1.54, 1.807) is 0 Å². The van der Waals surface area contributed by atoms with Crippen molar-refractivity contribution < 1.29 is 9.22 Å². The first-order chi connectivity index (χ1) is 7.77. The molecule has 0 saturated carbocycles. The first-order valence-corrected chi connectivity index (χ1v) is 6.95. The Morgan fingerprint density at radius 1 is 0.812 bits per heavy atom. The number of hydrogen-bond donors (Lipinski definition) is 0. The zero-order valence-corrected chi connectivity index (χ0v) is 10.1. The van der Waals surface area contributed by atoms with E-state index in [0.717, 1.165) is 10.4 Å². The molecule has 16 heavy (non-hydrogen) atoms. The maximum Gasteiger partial charge on any atom is 0.438 e. The molecular weight excluding hydrogens is 216 g/mol. The van der Waals surface area contributed by atoms with E-state index in [0.29, 0.717) is 0 Å². The lowest BCUT2D eigenvalue weighted by Crippen LogP contribution is -2.59. The van der Waals surface area contributed by atoms with E-state index in [9.17, 15) is 4.80 Å². The summed E-state index contributed by atoms with van der Waals surface area (Å²) < 4.78 is 5.29. The van der Waals surface area contributed by atoms with Gasteiger partial charge >= 0.3 is 8.56 Å². The molecule has 0 spiro atoms. The van der Waals surface area contributed by atoms with Crippen molar-refractivity contribution in [2.45, 2.75) is 0 Å². The predicted molar refractivity (Wildman–Crippen MR) is 65.6 cm³/mol. The van der Waals surface area contributed by atoms with Gasteiger partial charge in [-0.25, -0.2) is 4.80 Å². The van der Waals surface area contributed by atoms with Crippen LogP contribution in [0.1, 0.15) is 0 Å². The van der Waals surface area contributed by atoms with Crippen LogP contribution in [-0.4, -0.2) is 15.7 Å². The molecule has 0 N–H and O–H groups in total. The topological polar surface area (TPSA) is 29.1 Å². The molecule has 0 saturated heterocycles. The number of hydrogen-bond acceptors (Lipinski definition) is 1. The van der Waals surface area contributed by atoms with Gasteiger partial charge in [-0.2, -0.15) is 0 Å². The van der Waals surface area contributed by atoms with Crippen LogP contribution in [0.2, 0.25) is 0 Å². The van der Waals surface area contributed by atoms with Crippen molar-refractivity contribution in [2.75, 3.05) is 7.11 Å². The van der Waals surface area contributed by atoms with E-state index in [2.05, 4.69) is 0 Å². The van der Waals surface area contributed by atoms with Crippen LogP contribution in [0, 0.1) is 0 Å². The third-order valence-corrected chi connectivity index (χ3v) is 5.36. The molecule has 3 heteroatoms. The molecule has 2 aromatic rings. The van der Waals surface area contributed by atoms with Crippen molar-refractivity contribution in [3.05, 3.63) is 60.7 Å². The van der Waals surface area contributed by atoms with Gasteiger partial charge in [-0.3, -0.25) is 0 Å². The molecule has 0 heterocycles. The molecule has 81 valence electrons. The van der Waals surface area contributed by atoms with Crippen molar-refractivity contribution >= 4 is 18.9 Å². The van der Waals surface area contributed by atoms with Crippen LogP contribution >= 0.6 is 0 Å². The minimum atomic E-state index is -3.23. The highest BCUT2D eigenvalue weighted by Crippen LogP contribution is 2.03. The number of benzene rings is 2. The van der Waals surface area contributed by atoms with E-state index in [1.165, 1.54) is 7.11 Å². The summed E-state index contributed by atoms with van der Waals surface area (Å²) in [6.45, 7) is 0. The van der Waals surface area contributed by atoms with Crippen molar-refractivity contribution in [1.29, 1.82) is 0 Å². The SMILES string of the molecule is CO[Si]([O])(c1ccccc1)c1ccccc1. The predicted octanol–water partition coefficient (Wildman–Crippen LogP) is 1.32. The molecule has 0 bridgehead atoms. The Balaban J connectivity index is 2.49. The van der Waals surface area contributed by atoms with Crippen LogP contribution in [0.3, 0.4) is 0 Å². The van der Waals surface area contributed by atoms with Gasteiger partial charge in [0.05, 0.1) is 0 Å². The molecule has 0 amide bonds. The maximum absolute atomic E-state index is 12.8. The lowest BCUT2D eigenvalue weighted by Gasteiger charge is -2.20. The van der Waals surface area contributed by atoms with Gasteiger partial charge in [-0.15, -0.1) is 0 Å². The molecule has 0 aliphatic carbocycles. The van der Waals surface area contributed by atoms with Crippen molar-refractivity contribution in [3.8, 4) is 0 Å². The van der Waals surface area contributed by atoms with Gasteiger partial charge in [0.25, 0.3) is 0 Å². The lowest BCUT2D eigenvalue weighted by atomic mass is 10.4. The average molecular weight is 229 g/mol. The van der Waals surface area contributed by atoms with E-state index in [4.69, 9.17) is 4.43 Å². The fourth-order valence-corrected chi connectivity index (χ4v) is 3.78. The second-order valence-electron chi connectivity index (χ2n) is 3.55. The molecule has 2 rings (SSSR count). The highest BCUT2D eigenvalue weighted by Gasteiger charge is 2.39. The summed E-state index contributed by atoms with van der Waals surface area (Å²) in [5.41, 5.74) is 0. The Kier molecular flexibility index (Phi) is 3.19. The van der Waals surface area contributed by atoms with Crippen molar-refractivity contribution in [2.24, 2.45) is 0 Å². The third-order valence-electron chi connectivity index (χ3n) is 2.60. The molecule has 0 unspecified atom stereocenters. The van der Waals surface area contributed by atoms with Gasteiger partial charge in [0, 0.05) is 17.5 Å². The van der Waals surface area contributed by atoms with Gasteiger partial charge in [0.1, 0.15) is 0 Å². The highest BCUT2D eigenvalue weighted by atomic mass is 28.4. The van der Waals surface area contributed by atoms with Gasteiger partial charge in [-0.05, 0) is 0 Å². The van der Waals surface area contributed by atoms with Crippen molar-refractivity contribution in [1.82, 2.24) is 0 Å². The first-order valence-electron chi connectivity index (χ1n) is 5.14. The van der Waals surface area contributed by atoms with E-state index >= 15 is 0 Å². The van der Waals surface area contributed by atoms with Crippen LogP contribution in [0.25, 0.3) is 0 Å². The summed E-state index contributed by atoms with van der Waals surface area (Å²) in [6.07, 6.45) is 0. The molecule has 0 atom stereocenters. The zero-order chi connectivity index (χ0) is 11.4. The van der Waals surface area contributed by atoms with Crippen molar-refractivity contribution in [3.63, 3.8) is 0 Å². The molecule has 1 radical (unpaired) electrons. The molecule has 0 aromatic heterocycles. The Morgan fingerprint density at radius 3 is 1.50 bits per heavy atom. The smallest absolute Gasteiger partial charge is 0.390 e. The Morgan fingerprint density at radius 2 is 1.19 bits per heavy atom. The summed E-state index contributed by atoms with van der Waals surface area (Å²) in [4.78, 5) is 12.8. The molecule has 2 aromatic carbocycles. The van der Waals surface area contributed by atoms with Gasteiger partial charge < -0.3 is 4.43 Å². The fourth-order valence-electron chi connectivity index (χ4n) is 1.72. The van der Waals surface area contributed by atoms with Gasteiger partial charge in [-0.1, -0.05) is 60.7 Å². The van der Waals surface area contributed by atoms with Crippen LogP contribution in [0.4, 0.5) is 0 Å². The van der Waals surface area contributed by atoms with Crippen LogP contribution < -0.4 is 10.4 Å². The summed E-state index contributed by atoms with van der Waals surface area (Å²) in [5, 5.41) is 1.51. The standard InChI is InChI=1S/C13H13O2Si/c1-15-16(14,12-8-4-2-5-9-12)13-10-6-3-7-11-13/h2-11H,1H3. The molecule has 0 fully saturated rings. The minimum absolute atomic E-state index is 0.753. The summed E-state index contributed by atoms with van der Waals surface area (Å²) in [6, 6.07) is 18.7. The van der Waals surface area contributed by atoms with Crippen LogP contribution in [0.15, 0.2) is 60.7 Å². The second kappa shape index (κ2) is 4.61. The minimum Gasteiger partial charge on any atom is -0.390 e. The zero-order valence-electron chi connectivity index (χ0n) is 9.09. The fraction of sp³-hybridized carbons (Fsp3) is 0.0769. The van der Waals surface area contributed by atoms with E-state index < -0.39 is 8.56 Å². The van der Waals surface area contributed by atoms with E-state index in [-0.39, 0.29) is 0 Å². The van der Waals surface area contributed by atoms with Crippen LogP contribution in [-0.2, 0) is 9.22 Å². The Hall–Kier alpha value is -1.42.